The van der Waals surface area contributed by atoms with E-state index in [0.717, 1.165) is 28.8 Å². The maximum atomic E-state index is 12.7. The first-order chi connectivity index (χ1) is 13.3. The molecule has 0 radical (unpaired) electrons. The van der Waals surface area contributed by atoms with Crippen molar-refractivity contribution in [1.29, 1.82) is 0 Å². The number of hydrogen-bond donors (Lipinski definition) is 1. The molecule has 3 nitrogen and oxygen atoms in total. The molecule has 3 heteroatoms. The lowest BCUT2D eigenvalue weighted by atomic mass is 9.96. The Labute approximate surface area is 160 Å². The highest BCUT2D eigenvalue weighted by Gasteiger charge is 2.16. The van der Waals surface area contributed by atoms with E-state index in [1.807, 2.05) is 79.7 Å². The van der Waals surface area contributed by atoms with E-state index in [4.69, 9.17) is 4.99 Å². The quantitative estimate of drug-likeness (QED) is 0.603. The van der Waals surface area contributed by atoms with Crippen molar-refractivity contribution < 1.29 is 4.79 Å². The summed E-state index contributed by atoms with van der Waals surface area (Å²) >= 11 is 0. The Kier molecular flexibility index (Phi) is 6.53. The van der Waals surface area contributed by atoms with Crippen molar-refractivity contribution in [3.05, 3.63) is 107 Å². The zero-order valence-electron chi connectivity index (χ0n) is 15.6. The van der Waals surface area contributed by atoms with E-state index in [1.54, 1.807) is 0 Å². The van der Waals surface area contributed by atoms with E-state index in [0.29, 0.717) is 18.7 Å². The highest BCUT2D eigenvalue weighted by atomic mass is 16.1. The van der Waals surface area contributed by atoms with Crippen LogP contribution in [-0.4, -0.2) is 18.2 Å². The highest BCUT2D eigenvalue weighted by molar-refractivity contribution is 6.18. The minimum atomic E-state index is -0.0595. The molecule has 0 aliphatic rings. The minimum absolute atomic E-state index is 0.0595. The summed E-state index contributed by atoms with van der Waals surface area (Å²) < 4.78 is 0. The first-order valence-corrected chi connectivity index (χ1v) is 9.31. The number of hydrogen-bond acceptors (Lipinski definition) is 2. The summed E-state index contributed by atoms with van der Waals surface area (Å²) in [6, 6.07) is 27.9. The zero-order valence-corrected chi connectivity index (χ0v) is 15.6. The van der Waals surface area contributed by atoms with Gasteiger partial charge in [0, 0.05) is 23.2 Å². The average molecular weight is 356 g/mol. The van der Waals surface area contributed by atoms with Crippen molar-refractivity contribution >= 4 is 11.6 Å². The molecule has 1 N–H and O–H groups in total. The Morgan fingerprint density at radius 2 is 1.41 bits per heavy atom. The molecular formula is C24H24N2O. The van der Waals surface area contributed by atoms with Crippen LogP contribution in [0, 0.1) is 0 Å². The second kappa shape index (κ2) is 9.48. The Morgan fingerprint density at radius 1 is 0.815 bits per heavy atom. The molecular weight excluding hydrogens is 332 g/mol. The summed E-state index contributed by atoms with van der Waals surface area (Å²) in [5.41, 5.74) is 4.49. The lowest BCUT2D eigenvalue weighted by molar-refractivity contribution is 0.0953. The lowest BCUT2D eigenvalue weighted by Gasteiger charge is -2.13. The fraction of sp³-hybridized carbons (Fsp3) is 0.167. The second-order valence-corrected chi connectivity index (χ2v) is 6.32. The van der Waals surface area contributed by atoms with Crippen LogP contribution in [0.2, 0.25) is 0 Å². The van der Waals surface area contributed by atoms with Crippen LogP contribution in [0.4, 0.5) is 0 Å². The van der Waals surface area contributed by atoms with Crippen LogP contribution in [0.3, 0.4) is 0 Å². The monoisotopic (exact) mass is 356 g/mol. The predicted molar refractivity (Wildman–Crippen MR) is 111 cm³/mol. The summed E-state index contributed by atoms with van der Waals surface area (Å²) in [5.74, 6) is -0.0595. The van der Waals surface area contributed by atoms with Crippen LogP contribution in [0.1, 0.15) is 40.4 Å². The number of amides is 1. The van der Waals surface area contributed by atoms with Gasteiger partial charge >= 0.3 is 0 Å². The van der Waals surface area contributed by atoms with Gasteiger partial charge in [0.1, 0.15) is 0 Å². The summed E-state index contributed by atoms with van der Waals surface area (Å²) in [7, 11) is 0. The molecule has 0 fully saturated rings. The maximum absolute atomic E-state index is 12.7. The molecule has 0 aliphatic heterocycles. The molecule has 0 aromatic heterocycles. The highest BCUT2D eigenvalue weighted by Crippen LogP contribution is 2.17. The molecule has 0 spiro atoms. The fourth-order valence-corrected chi connectivity index (χ4v) is 2.90. The van der Waals surface area contributed by atoms with Gasteiger partial charge in [0.25, 0.3) is 5.91 Å². The molecule has 0 unspecified atom stereocenters. The Hall–Kier alpha value is -3.20. The number of benzene rings is 3. The molecule has 0 saturated heterocycles. The third-order valence-electron chi connectivity index (χ3n) is 4.27. The summed E-state index contributed by atoms with van der Waals surface area (Å²) in [4.78, 5) is 17.6. The largest absolute Gasteiger partial charge is 0.352 e. The minimum Gasteiger partial charge on any atom is -0.352 e. The van der Waals surface area contributed by atoms with Crippen molar-refractivity contribution in [3.8, 4) is 0 Å². The van der Waals surface area contributed by atoms with E-state index in [1.165, 1.54) is 0 Å². The van der Waals surface area contributed by atoms with Gasteiger partial charge in [-0.15, -0.1) is 0 Å². The first kappa shape index (κ1) is 18.6. The van der Waals surface area contributed by atoms with Crippen molar-refractivity contribution in [1.82, 2.24) is 5.32 Å². The van der Waals surface area contributed by atoms with Gasteiger partial charge in [-0.25, -0.2) is 0 Å². The second-order valence-electron chi connectivity index (χ2n) is 6.32. The third kappa shape index (κ3) is 4.91. The van der Waals surface area contributed by atoms with E-state index in [9.17, 15) is 4.79 Å². The smallest absolute Gasteiger partial charge is 0.251 e. The lowest BCUT2D eigenvalue weighted by Crippen LogP contribution is -2.26. The van der Waals surface area contributed by atoms with Gasteiger partial charge in [0.2, 0.25) is 0 Å². The summed E-state index contributed by atoms with van der Waals surface area (Å²) in [5, 5.41) is 2.98. The number of carbonyl (C=O) groups excluding carboxylic acids is 1. The normalized spacial score (nSPS) is 11.2. The molecule has 0 saturated carbocycles. The zero-order chi connectivity index (χ0) is 18.9. The SMILES string of the molecule is CCCNC(=O)c1ccccc1C(=NCc1ccccc1)c1ccccc1. The molecule has 3 aromatic rings. The van der Waals surface area contributed by atoms with E-state index < -0.39 is 0 Å². The molecule has 0 aliphatic carbocycles. The van der Waals surface area contributed by atoms with Crippen molar-refractivity contribution in [2.75, 3.05) is 6.54 Å². The van der Waals surface area contributed by atoms with Crippen LogP contribution in [0.5, 0.6) is 0 Å². The van der Waals surface area contributed by atoms with Crippen LogP contribution >= 0.6 is 0 Å². The van der Waals surface area contributed by atoms with Gasteiger partial charge in [-0.2, -0.15) is 0 Å². The predicted octanol–water partition coefficient (Wildman–Crippen LogP) is 4.86. The summed E-state index contributed by atoms with van der Waals surface area (Å²) in [6.07, 6.45) is 0.904. The molecule has 3 rings (SSSR count). The first-order valence-electron chi connectivity index (χ1n) is 9.31. The molecule has 0 atom stereocenters. The van der Waals surface area contributed by atoms with E-state index in [2.05, 4.69) is 17.4 Å². The average Bonchev–Trinajstić information content (AvgIpc) is 2.74. The van der Waals surface area contributed by atoms with Crippen molar-refractivity contribution in [2.45, 2.75) is 19.9 Å². The van der Waals surface area contributed by atoms with E-state index >= 15 is 0 Å². The van der Waals surface area contributed by atoms with Gasteiger partial charge in [-0.1, -0.05) is 85.8 Å². The fourth-order valence-electron chi connectivity index (χ4n) is 2.90. The molecule has 1 amide bonds. The Morgan fingerprint density at radius 3 is 2.07 bits per heavy atom. The van der Waals surface area contributed by atoms with Gasteiger partial charge < -0.3 is 5.32 Å². The van der Waals surface area contributed by atoms with Gasteiger partial charge in [-0.3, -0.25) is 9.79 Å². The van der Waals surface area contributed by atoms with Crippen LogP contribution in [-0.2, 0) is 6.54 Å². The molecule has 27 heavy (non-hydrogen) atoms. The topological polar surface area (TPSA) is 41.5 Å². The third-order valence-corrected chi connectivity index (χ3v) is 4.27. The van der Waals surface area contributed by atoms with Crippen molar-refractivity contribution in [2.24, 2.45) is 4.99 Å². The van der Waals surface area contributed by atoms with Crippen LogP contribution < -0.4 is 5.32 Å². The van der Waals surface area contributed by atoms with Crippen molar-refractivity contribution in [3.63, 3.8) is 0 Å². The molecule has 136 valence electrons. The molecule has 3 aromatic carbocycles. The van der Waals surface area contributed by atoms with Crippen LogP contribution in [0.25, 0.3) is 0 Å². The number of nitrogens with one attached hydrogen (secondary N) is 1. The Balaban J connectivity index is 2.02. The van der Waals surface area contributed by atoms with E-state index in [-0.39, 0.29) is 5.91 Å². The maximum Gasteiger partial charge on any atom is 0.251 e. The number of rotatable bonds is 7. The number of aliphatic imine (C=N–C) groups is 1. The number of nitrogens with zero attached hydrogens (tertiary/aromatic N) is 1. The van der Waals surface area contributed by atoms with Gasteiger partial charge in [-0.05, 0) is 18.1 Å². The van der Waals surface area contributed by atoms with Gasteiger partial charge in [0.05, 0.1) is 12.3 Å². The number of carbonyl (C=O) groups is 1. The summed E-state index contributed by atoms with van der Waals surface area (Å²) in [6.45, 7) is 3.27. The van der Waals surface area contributed by atoms with Gasteiger partial charge in [0.15, 0.2) is 0 Å². The molecule has 0 heterocycles. The standard InChI is InChI=1S/C24H24N2O/c1-2-17-25-24(27)22-16-10-9-15-21(22)23(20-13-7-4-8-14-20)26-18-19-11-5-3-6-12-19/h3-16H,2,17-18H2,1H3,(H,25,27). The van der Waals surface area contributed by atoms with Crippen LogP contribution in [0.15, 0.2) is 89.9 Å². The Bertz CT molecular complexity index is 902. The molecule has 0 bridgehead atoms.